The van der Waals surface area contributed by atoms with Crippen molar-refractivity contribution in [1.82, 2.24) is 0 Å². The highest BCUT2D eigenvalue weighted by atomic mass is 35.5. The molecule has 2 aromatic rings. The van der Waals surface area contributed by atoms with Crippen molar-refractivity contribution in [1.29, 1.82) is 0 Å². The van der Waals surface area contributed by atoms with E-state index in [9.17, 15) is 4.79 Å². The molecule has 0 saturated heterocycles. The van der Waals surface area contributed by atoms with Crippen molar-refractivity contribution in [2.75, 3.05) is 0 Å². The van der Waals surface area contributed by atoms with Crippen LogP contribution in [-0.2, 0) is 0 Å². The van der Waals surface area contributed by atoms with E-state index in [0.717, 1.165) is 5.56 Å². The molecule has 3 heteroatoms. The zero-order valence-corrected chi connectivity index (χ0v) is 11.3. The van der Waals surface area contributed by atoms with Crippen LogP contribution in [0.15, 0.2) is 66.4 Å². The zero-order valence-electron chi connectivity index (χ0n) is 10.5. The molecule has 3 rings (SSSR count). The number of halogens is 1. The van der Waals surface area contributed by atoms with Crippen molar-refractivity contribution in [3.63, 3.8) is 0 Å². The van der Waals surface area contributed by atoms with Gasteiger partial charge in [-0.15, -0.1) is 0 Å². The van der Waals surface area contributed by atoms with Gasteiger partial charge in [0.1, 0.15) is 5.75 Å². The van der Waals surface area contributed by atoms with Gasteiger partial charge in [-0.2, -0.15) is 0 Å². The molecule has 0 radical (unpaired) electrons. The molecule has 0 aliphatic carbocycles. The third-order valence-electron chi connectivity index (χ3n) is 2.97. The number of ether oxygens (including phenoxy) is 1. The minimum Gasteiger partial charge on any atom is -0.452 e. The van der Waals surface area contributed by atoms with Crippen LogP contribution >= 0.6 is 11.6 Å². The average molecular weight is 283 g/mol. The van der Waals surface area contributed by atoms with E-state index in [1.807, 2.05) is 36.4 Å². The summed E-state index contributed by atoms with van der Waals surface area (Å²) in [6, 6.07) is 14.9. The molecule has 1 heterocycles. The molecule has 0 fully saturated rings. The van der Waals surface area contributed by atoms with Crippen LogP contribution in [0.4, 0.5) is 0 Å². The molecular weight excluding hydrogens is 272 g/mol. The Hall–Kier alpha value is -2.32. The van der Waals surface area contributed by atoms with Gasteiger partial charge < -0.3 is 4.74 Å². The van der Waals surface area contributed by atoms with Gasteiger partial charge in [0.2, 0.25) is 5.78 Å². The molecule has 2 aromatic carbocycles. The highest BCUT2D eigenvalue weighted by Crippen LogP contribution is 2.32. The Morgan fingerprint density at radius 1 is 1.05 bits per heavy atom. The number of carbonyl (C=O) groups is 1. The fraction of sp³-hybridized carbons (Fsp3) is 0. The lowest BCUT2D eigenvalue weighted by atomic mass is 10.1. The van der Waals surface area contributed by atoms with Crippen molar-refractivity contribution in [3.05, 3.63) is 82.6 Å². The lowest BCUT2D eigenvalue weighted by Crippen LogP contribution is -1.97. The number of carbonyl (C=O) groups excluding carboxylic acids is 1. The van der Waals surface area contributed by atoms with Crippen LogP contribution < -0.4 is 4.74 Å². The molecule has 20 heavy (non-hydrogen) atoms. The molecule has 0 unspecified atom stereocenters. The van der Waals surface area contributed by atoms with E-state index in [4.69, 9.17) is 16.3 Å². The van der Waals surface area contributed by atoms with Crippen molar-refractivity contribution in [2.45, 2.75) is 0 Å². The van der Waals surface area contributed by atoms with Crippen molar-refractivity contribution in [3.8, 4) is 5.75 Å². The van der Waals surface area contributed by atoms with Gasteiger partial charge in [0, 0.05) is 5.02 Å². The summed E-state index contributed by atoms with van der Waals surface area (Å²) in [7, 11) is 0. The number of hydrogen-bond acceptors (Lipinski definition) is 2. The maximum atomic E-state index is 12.1. The van der Waals surface area contributed by atoms with E-state index in [-0.39, 0.29) is 5.78 Å². The number of rotatable bonds is 2. The van der Waals surface area contributed by atoms with E-state index < -0.39 is 0 Å². The van der Waals surface area contributed by atoms with Crippen molar-refractivity contribution in [2.24, 2.45) is 0 Å². The second-order valence-corrected chi connectivity index (χ2v) is 4.81. The Morgan fingerprint density at radius 3 is 2.65 bits per heavy atom. The van der Waals surface area contributed by atoms with Crippen molar-refractivity contribution >= 4 is 23.5 Å². The summed E-state index contributed by atoms with van der Waals surface area (Å²) in [4.78, 5) is 12.1. The topological polar surface area (TPSA) is 26.3 Å². The number of fused-ring (bicyclic) bond motifs is 1. The molecule has 0 amide bonds. The van der Waals surface area contributed by atoms with Gasteiger partial charge in [-0.25, -0.2) is 0 Å². The van der Waals surface area contributed by atoms with Crippen LogP contribution in [0.1, 0.15) is 15.9 Å². The highest BCUT2D eigenvalue weighted by molar-refractivity contribution is 6.31. The van der Waals surface area contributed by atoms with Gasteiger partial charge in [-0.3, -0.25) is 4.79 Å². The third kappa shape index (κ3) is 2.51. The van der Waals surface area contributed by atoms with Crippen LogP contribution in [-0.4, -0.2) is 5.78 Å². The van der Waals surface area contributed by atoms with E-state index in [1.165, 1.54) is 0 Å². The smallest absolute Gasteiger partial charge is 0.231 e. The number of ketones is 1. The molecule has 1 aliphatic rings. The summed E-state index contributed by atoms with van der Waals surface area (Å²) >= 11 is 5.88. The maximum absolute atomic E-state index is 12.1. The second kappa shape index (κ2) is 5.35. The van der Waals surface area contributed by atoms with Gasteiger partial charge in [0.05, 0.1) is 5.56 Å². The zero-order chi connectivity index (χ0) is 13.9. The summed E-state index contributed by atoms with van der Waals surface area (Å²) in [5, 5.41) is 0.529. The molecule has 0 spiro atoms. The fourth-order valence-corrected chi connectivity index (χ4v) is 2.16. The molecule has 1 aliphatic heterocycles. The van der Waals surface area contributed by atoms with Crippen LogP contribution in [0, 0.1) is 0 Å². The minimum absolute atomic E-state index is 0.139. The third-order valence-corrected chi connectivity index (χ3v) is 3.20. The predicted octanol–water partition coefficient (Wildman–Crippen LogP) is 4.51. The first-order valence-electron chi connectivity index (χ1n) is 6.19. The largest absolute Gasteiger partial charge is 0.452 e. The lowest BCUT2D eigenvalue weighted by molar-refractivity contribution is 0.101. The number of benzene rings is 2. The molecule has 0 aromatic heterocycles. The standard InChI is InChI=1S/C17H11ClO2/c18-13-9-10-15-14(11-13)17(19)16(20-15)8-4-7-12-5-2-1-3-6-12/h1-11H/b7-4+,16-8-. The van der Waals surface area contributed by atoms with Gasteiger partial charge >= 0.3 is 0 Å². The summed E-state index contributed by atoms with van der Waals surface area (Å²) < 4.78 is 5.51. The van der Waals surface area contributed by atoms with Gasteiger partial charge in [-0.05, 0) is 29.8 Å². The monoisotopic (exact) mass is 282 g/mol. The van der Waals surface area contributed by atoms with Crippen LogP contribution in [0.5, 0.6) is 5.75 Å². The first-order chi connectivity index (χ1) is 9.74. The predicted molar refractivity (Wildman–Crippen MR) is 80.0 cm³/mol. The normalized spacial score (nSPS) is 15.7. The Balaban J connectivity index is 1.82. The van der Waals surface area contributed by atoms with E-state index in [0.29, 0.717) is 22.1 Å². The minimum atomic E-state index is -0.139. The SMILES string of the molecule is O=C1/C(=C/C=C/c2ccccc2)Oc2ccc(Cl)cc21. The van der Waals surface area contributed by atoms with Crippen LogP contribution in [0.2, 0.25) is 5.02 Å². The highest BCUT2D eigenvalue weighted by Gasteiger charge is 2.26. The summed E-state index contributed by atoms with van der Waals surface area (Å²) in [5.74, 6) is 0.730. The molecule has 0 saturated carbocycles. The Bertz CT molecular complexity index is 715. The van der Waals surface area contributed by atoms with E-state index in [2.05, 4.69) is 0 Å². The first-order valence-corrected chi connectivity index (χ1v) is 6.57. The Labute approximate surface area is 122 Å². The van der Waals surface area contributed by atoms with Crippen molar-refractivity contribution < 1.29 is 9.53 Å². The average Bonchev–Trinajstić information content (AvgIpc) is 2.77. The number of allylic oxidation sites excluding steroid dienone is 3. The summed E-state index contributed by atoms with van der Waals surface area (Å²) in [6.45, 7) is 0. The van der Waals surface area contributed by atoms with Gasteiger partial charge in [0.25, 0.3) is 0 Å². The number of hydrogen-bond donors (Lipinski definition) is 0. The first kappa shape index (κ1) is 12.7. The van der Waals surface area contributed by atoms with Gasteiger partial charge in [-0.1, -0.05) is 54.1 Å². The van der Waals surface area contributed by atoms with E-state index >= 15 is 0 Å². The Morgan fingerprint density at radius 2 is 1.85 bits per heavy atom. The lowest BCUT2D eigenvalue weighted by Gasteiger charge is -1.96. The van der Waals surface area contributed by atoms with E-state index in [1.54, 1.807) is 30.4 Å². The summed E-state index contributed by atoms with van der Waals surface area (Å²) in [6.07, 6.45) is 5.39. The van der Waals surface area contributed by atoms with Crippen LogP contribution in [0.3, 0.4) is 0 Å². The molecule has 98 valence electrons. The Kier molecular flexibility index (Phi) is 3.40. The molecule has 0 bridgehead atoms. The molecule has 0 atom stereocenters. The number of Topliss-reactive ketones (excluding diaryl/α,β-unsaturated/α-hetero) is 1. The van der Waals surface area contributed by atoms with Crippen LogP contribution in [0.25, 0.3) is 6.08 Å². The molecular formula is C17H11ClO2. The second-order valence-electron chi connectivity index (χ2n) is 4.37. The summed E-state index contributed by atoms with van der Waals surface area (Å²) in [5.41, 5.74) is 1.58. The molecule has 2 nitrogen and oxygen atoms in total. The fourth-order valence-electron chi connectivity index (χ4n) is 1.99. The quantitative estimate of drug-likeness (QED) is 0.758. The molecule has 0 N–H and O–H groups in total. The van der Waals surface area contributed by atoms with Gasteiger partial charge in [0.15, 0.2) is 5.76 Å². The maximum Gasteiger partial charge on any atom is 0.231 e.